The highest BCUT2D eigenvalue weighted by molar-refractivity contribution is 7.18. The lowest BCUT2D eigenvalue weighted by atomic mass is 9.96. The molecule has 5 nitrogen and oxygen atoms in total. The first-order valence-electron chi connectivity index (χ1n) is 10.6. The fourth-order valence-electron chi connectivity index (χ4n) is 5.14. The van der Waals surface area contributed by atoms with E-state index in [2.05, 4.69) is 18.2 Å². The van der Waals surface area contributed by atoms with Crippen LogP contribution in [-0.4, -0.2) is 52.3 Å². The van der Waals surface area contributed by atoms with Gasteiger partial charge in [0.05, 0.1) is 21.1 Å². The zero-order valence-corrected chi connectivity index (χ0v) is 17.0. The van der Waals surface area contributed by atoms with E-state index in [1.165, 1.54) is 22.5 Å². The summed E-state index contributed by atoms with van der Waals surface area (Å²) < 4.78 is 1.24. The highest BCUT2D eigenvalue weighted by Gasteiger charge is 2.40. The van der Waals surface area contributed by atoms with Gasteiger partial charge in [0, 0.05) is 38.0 Å². The Bertz CT molecular complexity index is 848. The van der Waals surface area contributed by atoms with Crippen molar-refractivity contribution in [3.05, 3.63) is 29.3 Å². The second kappa shape index (κ2) is 7.47. The van der Waals surface area contributed by atoms with E-state index in [9.17, 15) is 9.59 Å². The van der Waals surface area contributed by atoms with Crippen molar-refractivity contribution >= 4 is 33.4 Å². The van der Waals surface area contributed by atoms with Crippen molar-refractivity contribution in [2.75, 3.05) is 19.6 Å². The molecular formula is C22H27N3O2S. The van der Waals surface area contributed by atoms with Gasteiger partial charge in [-0.05, 0) is 37.8 Å². The number of likely N-dealkylation sites (tertiary alicyclic amines) is 2. The third kappa shape index (κ3) is 3.32. The predicted octanol–water partition coefficient (Wildman–Crippen LogP) is 3.79. The van der Waals surface area contributed by atoms with E-state index in [4.69, 9.17) is 4.98 Å². The van der Waals surface area contributed by atoms with E-state index in [1.54, 1.807) is 11.3 Å². The molecule has 1 unspecified atom stereocenters. The number of nitrogens with zero attached hydrogens (tertiary/aromatic N) is 3. The smallest absolute Gasteiger partial charge is 0.227 e. The van der Waals surface area contributed by atoms with Crippen LogP contribution in [-0.2, 0) is 9.59 Å². The molecule has 1 aromatic carbocycles. The molecule has 3 aliphatic rings. The normalized spacial score (nSPS) is 24.6. The largest absolute Gasteiger partial charge is 0.342 e. The summed E-state index contributed by atoms with van der Waals surface area (Å²) in [5.74, 6) is 0.694. The van der Waals surface area contributed by atoms with Crippen LogP contribution in [0.3, 0.4) is 0 Å². The molecule has 3 heterocycles. The Kier molecular flexibility index (Phi) is 4.83. The average Bonchev–Trinajstić information content (AvgIpc) is 3.46. The topological polar surface area (TPSA) is 53.5 Å². The Labute approximate surface area is 169 Å². The third-order valence-electron chi connectivity index (χ3n) is 6.74. The van der Waals surface area contributed by atoms with Gasteiger partial charge < -0.3 is 9.80 Å². The molecular weight excluding hydrogens is 370 g/mol. The molecule has 1 aliphatic carbocycles. The number of thiazole rings is 1. The molecule has 3 fully saturated rings. The van der Waals surface area contributed by atoms with Crippen molar-refractivity contribution in [1.82, 2.24) is 14.8 Å². The Morgan fingerprint density at radius 3 is 2.57 bits per heavy atom. The lowest BCUT2D eigenvalue weighted by molar-refractivity contribution is -0.136. The van der Waals surface area contributed by atoms with Gasteiger partial charge in [-0.2, -0.15) is 0 Å². The molecule has 1 saturated carbocycles. The molecule has 2 aromatic rings. The number of fused-ring (bicyclic) bond motifs is 1. The molecule has 2 saturated heterocycles. The maximum absolute atomic E-state index is 13.0. The Hall–Kier alpha value is -1.95. The highest BCUT2D eigenvalue weighted by atomic mass is 32.1. The summed E-state index contributed by atoms with van der Waals surface area (Å²) in [5, 5.41) is 1.21. The maximum atomic E-state index is 13.0. The van der Waals surface area contributed by atoms with Crippen LogP contribution in [0.5, 0.6) is 0 Å². The number of rotatable bonds is 3. The summed E-state index contributed by atoms with van der Waals surface area (Å²) in [4.78, 5) is 34.3. The van der Waals surface area contributed by atoms with E-state index < -0.39 is 0 Å². The van der Waals surface area contributed by atoms with Crippen LogP contribution in [0, 0.1) is 5.92 Å². The molecule has 1 atom stereocenters. The van der Waals surface area contributed by atoms with Gasteiger partial charge in [-0.15, -0.1) is 11.3 Å². The van der Waals surface area contributed by atoms with Crippen molar-refractivity contribution < 1.29 is 9.59 Å². The standard InChI is InChI=1S/C22H27N3O2S/c26-20-13-16(14-25(20)17-5-1-2-6-17)22(27)24-11-9-15(10-12-24)21-23-18-7-3-4-8-19(18)28-21/h3-4,7-8,15-17H,1-2,5-6,9-14H2. The molecule has 1 aromatic heterocycles. The molecule has 0 bridgehead atoms. The summed E-state index contributed by atoms with van der Waals surface area (Å²) in [5.41, 5.74) is 1.08. The minimum absolute atomic E-state index is 0.132. The van der Waals surface area contributed by atoms with Gasteiger partial charge in [0.25, 0.3) is 0 Å². The Morgan fingerprint density at radius 2 is 1.82 bits per heavy atom. The number of benzene rings is 1. The van der Waals surface area contributed by atoms with Crippen molar-refractivity contribution in [3.63, 3.8) is 0 Å². The first-order chi connectivity index (χ1) is 13.7. The minimum Gasteiger partial charge on any atom is -0.342 e. The van der Waals surface area contributed by atoms with Crippen LogP contribution >= 0.6 is 11.3 Å². The molecule has 28 heavy (non-hydrogen) atoms. The maximum Gasteiger partial charge on any atom is 0.227 e. The van der Waals surface area contributed by atoms with Crippen LogP contribution < -0.4 is 0 Å². The van der Waals surface area contributed by atoms with Gasteiger partial charge >= 0.3 is 0 Å². The number of carbonyl (C=O) groups is 2. The van der Waals surface area contributed by atoms with Crippen molar-refractivity contribution in [1.29, 1.82) is 0 Å². The summed E-state index contributed by atoms with van der Waals surface area (Å²) in [6, 6.07) is 8.67. The second-order valence-electron chi connectivity index (χ2n) is 8.50. The molecule has 2 aliphatic heterocycles. The van der Waals surface area contributed by atoms with Crippen molar-refractivity contribution in [3.8, 4) is 0 Å². The fraction of sp³-hybridized carbons (Fsp3) is 0.591. The monoisotopic (exact) mass is 397 g/mol. The molecule has 5 rings (SSSR count). The number of carbonyl (C=O) groups excluding carboxylic acids is 2. The van der Waals surface area contributed by atoms with Gasteiger partial charge in [0.2, 0.25) is 11.8 Å². The number of hydrogen-bond acceptors (Lipinski definition) is 4. The highest BCUT2D eigenvalue weighted by Crippen LogP contribution is 2.35. The number of piperidine rings is 1. The SMILES string of the molecule is O=C(C1CC(=O)N(C2CCCC2)C1)N1CCC(c2nc3ccccc3s2)CC1. The molecule has 2 amide bonds. The lowest BCUT2D eigenvalue weighted by Crippen LogP contribution is -2.42. The van der Waals surface area contributed by atoms with Crippen LogP contribution in [0.4, 0.5) is 0 Å². The van der Waals surface area contributed by atoms with Crippen LogP contribution in [0.2, 0.25) is 0 Å². The number of para-hydroxylation sites is 1. The van der Waals surface area contributed by atoms with Crippen LogP contribution in [0.25, 0.3) is 10.2 Å². The first kappa shape index (κ1) is 18.1. The van der Waals surface area contributed by atoms with E-state index in [-0.39, 0.29) is 17.7 Å². The van der Waals surface area contributed by atoms with Gasteiger partial charge in [0.1, 0.15) is 0 Å². The first-order valence-corrected chi connectivity index (χ1v) is 11.4. The third-order valence-corrected chi connectivity index (χ3v) is 7.94. The van der Waals surface area contributed by atoms with Crippen LogP contribution in [0.1, 0.15) is 55.9 Å². The van der Waals surface area contributed by atoms with E-state index >= 15 is 0 Å². The Morgan fingerprint density at radius 1 is 1.07 bits per heavy atom. The van der Waals surface area contributed by atoms with Gasteiger partial charge in [-0.25, -0.2) is 4.98 Å². The molecule has 6 heteroatoms. The molecule has 0 spiro atoms. The van der Waals surface area contributed by atoms with Gasteiger partial charge in [-0.1, -0.05) is 25.0 Å². The molecule has 148 valence electrons. The molecule has 0 radical (unpaired) electrons. The fourth-order valence-corrected chi connectivity index (χ4v) is 6.27. The van der Waals surface area contributed by atoms with E-state index in [0.717, 1.165) is 44.3 Å². The van der Waals surface area contributed by atoms with Crippen molar-refractivity contribution in [2.24, 2.45) is 5.92 Å². The van der Waals surface area contributed by atoms with Gasteiger partial charge in [0.15, 0.2) is 0 Å². The summed E-state index contributed by atoms with van der Waals surface area (Å²) in [7, 11) is 0. The lowest BCUT2D eigenvalue weighted by Gasteiger charge is -2.33. The molecule has 0 N–H and O–H groups in total. The van der Waals surface area contributed by atoms with E-state index in [0.29, 0.717) is 24.9 Å². The zero-order chi connectivity index (χ0) is 19.1. The number of hydrogen-bond donors (Lipinski definition) is 0. The summed E-state index contributed by atoms with van der Waals surface area (Å²) in [6.07, 6.45) is 7.00. The minimum atomic E-state index is -0.132. The van der Waals surface area contributed by atoms with Gasteiger partial charge in [-0.3, -0.25) is 9.59 Å². The van der Waals surface area contributed by atoms with Crippen molar-refractivity contribution in [2.45, 2.75) is 56.9 Å². The quantitative estimate of drug-likeness (QED) is 0.792. The second-order valence-corrected chi connectivity index (χ2v) is 9.57. The predicted molar refractivity (Wildman–Crippen MR) is 110 cm³/mol. The number of aromatic nitrogens is 1. The van der Waals surface area contributed by atoms with E-state index in [1.807, 2.05) is 15.9 Å². The summed E-state index contributed by atoms with van der Waals surface area (Å²) in [6.45, 7) is 2.21. The summed E-state index contributed by atoms with van der Waals surface area (Å²) >= 11 is 1.79. The Balaban J connectivity index is 1.19. The van der Waals surface area contributed by atoms with Crippen LogP contribution in [0.15, 0.2) is 24.3 Å². The average molecular weight is 398 g/mol. The zero-order valence-electron chi connectivity index (χ0n) is 16.2. The number of amides is 2.